The number of benzene rings is 1. The minimum absolute atomic E-state index is 0.0366. The molecular formula is C12H12ClNO2S. The van der Waals surface area contributed by atoms with Crippen LogP contribution in [0.25, 0.3) is 0 Å². The van der Waals surface area contributed by atoms with Gasteiger partial charge in [0.1, 0.15) is 6.04 Å². The minimum atomic E-state index is -0.516. The molecule has 1 aliphatic rings. The number of para-hydroxylation sites is 1. The van der Waals surface area contributed by atoms with Crippen LogP contribution in [0.3, 0.4) is 0 Å². The molecule has 0 saturated carbocycles. The van der Waals surface area contributed by atoms with Gasteiger partial charge in [-0.1, -0.05) is 12.1 Å². The van der Waals surface area contributed by atoms with E-state index >= 15 is 0 Å². The molecule has 0 aromatic heterocycles. The van der Waals surface area contributed by atoms with Crippen LogP contribution in [0.2, 0.25) is 0 Å². The molecule has 2 rings (SSSR count). The van der Waals surface area contributed by atoms with Gasteiger partial charge in [0.25, 0.3) is 0 Å². The van der Waals surface area contributed by atoms with Gasteiger partial charge in [0.2, 0.25) is 11.1 Å². The van der Waals surface area contributed by atoms with Crippen LogP contribution < -0.4 is 4.90 Å². The third kappa shape index (κ3) is 2.33. The lowest BCUT2D eigenvalue weighted by atomic mass is 10.2. The van der Waals surface area contributed by atoms with Crippen molar-refractivity contribution in [1.29, 1.82) is 0 Å². The third-order valence-electron chi connectivity index (χ3n) is 2.82. The van der Waals surface area contributed by atoms with Crippen molar-refractivity contribution < 1.29 is 9.59 Å². The van der Waals surface area contributed by atoms with Crippen LogP contribution in [0.5, 0.6) is 0 Å². The molecule has 1 amide bonds. The lowest BCUT2D eigenvalue weighted by Gasteiger charge is -2.24. The summed E-state index contributed by atoms with van der Waals surface area (Å²) in [5.74, 6) is -0.0366. The molecule has 90 valence electrons. The standard InChI is InChI=1S/C12H12ClNO2S/c1-17-10-5-3-2-4-8(10)14-9(12(13)16)6-7-11(14)15/h2-5,9H,6-7H2,1H3. The molecule has 1 atom stereocenters. The van der Waals surface area contributed by atoms with Crippen molar-refractivity contribution in [2.45, 2.75) is 23.8 Å². The highest BCUT2D eigenvalue weighted by atomic mass is 35.5. The number of anilines is 1. The number of rotatable bonds is 3. The van der Waals surface area contributed by atoms with Gasteiger partial charge < -0.3 is 0 Å². The molecule has 0 spiro atoms. The Balaban J connectivity index is 2.43. The average molecular weight is 270 g/mol. The quantitative estimate of drug-likeness (QED) is 0.625. The molecule has 1 saturated heterocycles. The lowest BCUT2D eigenvalue weighted by molar-refractivity contribution is -0.118. The Kier molecular flexibility index (Phi) is 3.74. The van der Waals surface area contributed by atoms with E-state index in [1.807, 2.05) is 30.5 Å². The van der Waals surface area contributed by atoms with Gasteiger partial charge in [-0.2, -0.15) is 0 Å². The highest BCUT2D eigenvalue weighted by molar-refractivity contribution is 7.98. The van der Waals surface area contributed by atoms with Gasteiger partial charge >= 0.3 is 0 Å². The maximum Gasteiger partial charge on any atom is 0.244 e. The monoisotopic (exact) mass is 269 g/mol. The van der Waals surface area contributed by atoms with Gasteiger partial charge in [-0.25, -0.2) is 0 Å². The Morgan fingerprint density at radius 2 is 2.18 bits per heavy atom. The van der Waals surface area contributed by atoms with Gasteiger partial charge in [-0.15, -0.1) is 11.8 Å². The Bertz CT molecular complexity index is 464. The summed E-state index contributed by atoms with van der Waals surface area (Å²) in [6, 6.07) is 7.03. The van der Waals surface area contributed by atoms with Crippen molar-refractivity contribution in [2.24, 2.45) is 0 Å². The zero-order valence-electron chi connectivity index (χ0n) is 9.35. The van der Waals surface area contributed by atoms with Gasteiger partial charge in [-0.05, 0) is 36.4 Å². The van der Waals surface area contributed by atoms with Gasteiger partial charge in [0, 0.05) is 11.3 Å². The highest BCUT2D eigenvalue weighted by Gasteiger charge is 2.37. The summed E-state index contributed by atoms with van der Waals surface area (Å²) in [6.07, 6.45) is 2.83. The maximum atomic E-state index is 11.9. The zero-order valence-corrected chi connectivity index (χ0v) is 10.9. The number of carbonyl (C=O) groups excluding carboxylic acids is 2. The van der Waals surface area contributed by atoms with Gasteiger partial charge in [-0.3, -0.25) is 14.5 Å². The van der Waals surface area contributed by atoms with Gasteiger partial charge in [0.15, 0.2) is 0 Å². The first-order valence-electron chi connectivity index (χ1n) is 5.29. The van der Waals surface area contributed by atoms with E-state index < -0.39 is 11.3 Å². The van der Waals surface area contributed by atoms with Crippen molar-refractivity contribution in [3.63, 3.8) is 0 Å². The summed E-state index contributed by atoms with van der Waals surface area (Å²) >= 11 is 7.10. The second-order valence-corrected chi connectivity index (χ2v) is 5.01. The molecule has 0 aliphatic carbocycles. The molecular weight excluding hydrogens is 258 g/mol. The summed E-state index contributed by atoms with van der Waals surface area (Å²) in [7, 11) is 0. The number of thioether (sulfide) groups is 1. The van der Waals surface area contributed by atoms with Crippen LogP contribution in [-0.2, 0) is 9.59 Å². The summed E-state index contributed by atoms with van der Waals surface area (Å²) in [4.78, 5) is 25.7. The molecule has 1 heterocycles. The predicted octanol–water partition coefficient (Wildman–Crippen LogP) is 2.67. The molecule has 1 fully saturated rings. The topological polar surface area (TPSA) is 37.4 Å². The Morgan fingerprint density at radius 1 is 1.47 bits per heavy atom. The fourth-order valence-corrected chi connectivity index (χ4v) is 2.83. The molecule has 5 heteroatoms. The van der Waals surface area contributed by atoms with Crippen molar-refractivity contribution in [2.75, 3.05) is 11.2 Å². The molecule has 17 heavy (non-hydrogen) atoms. The molecule has 0 bridgehead atoms. The summed E-state index contributed by atoms with van der Waals surface area (Å²) in [5, 5.41) is -0.466. The highest BCUT2D eigenvalue weighted by Crippen LogP contribution is 2.34. The fraction of sp³-hybridized carbons (Fsp3) is 0.333. The Morgan fingerprint density at radius 3 is 2.82 bits per heavy atom. The molecule has 0 N–H and O–H groups in total. The van der Waals surface area contributed by atoms with Crippen LogP contribution in [-0.4, -0.2) is 23.4 Å². The zero-order chi connectivity index (χ0) is 12.4. The predicted molar refractivity (Wildman–Crippen MR) is 69.6 cm³/mol. The largest absolute Gasteiger partial charge is 0.299 e. The molecule has 3 nitrogen and oxygen atoms in total. The van der Waals surface area contributed by atoms with E-state index in [0.717, 1.165) is 10.6 Å². The number of halogens is 1. The normalized spacial score (nSPS) is 19.8. The van der Waals surface area contributed by atoms with E-state index in [0.29, 0.717) is 12.8 Å². The van der Waals surface area contributed by atoms with Crippen LogP contribution in [0.15, 0.2) is 29.2 Å². The number of nitrogens with zero attached hydrogens (tertiary/aromatic N) is 1. The minimum Gasteiger partial charge on any atom is -0.299 e. The Labute approximate surface area is 109 Å². The summed E-state index contributed by atoms with van der Waals surface area (Å²) in [5.41, 5.74) is 0.779. The first-order valence-corrected chi connectivity index (χ1v) is 6.90. The number of hydrogen-bond acceptors (Lipinski definition) is 3. The van der Waals surface area contributed by atoms with Crippen molar-refractivity contribution in [3.05, 3.63) is 24.3 Å². The Hall–Kier alpha value is -1.00. The van der Waals surface area contributed by atoms with E-state index in [-0.39, 0.29) is 5.91 Å². The van der Waals surface area contributed by atoms with E-state index in [2.05, 4.69) is 0 Å². The maximum absolute atomic E-state index is 11.9. The smallest absolute Gasteiger partial charge is 0.244 e. The molecule has 1 aliphatic heterocycles. The van der Waals surface area contributed by atoms with E-state index in [4.69, 9.17) is 11.6 Å². The van der Waals surface area contributed by atoms with Crippen molar-refractivity contribution >= 4 is 40.2 Å². The average Bonchev–Trinajstić information content (AvgIpc) is 2.71. The molecule has 1 aromatic rings. The second kappa shape index (κ2) is 5.10. The van der Waals surface area contributed by atoms with Crippen molar-refractivity contribution in [3.8, 4) is 0 Å². The first kappa shape index (κ1) is 12.5. The van der Waals surface area contributed by atoms with Crippen molar-refractivity contribution in [1.82, 2.24) is 0 Å². The molecule has 1 aromatic carbocycles. The van der Waals surface area contributed by atoms with Crippen LogP contribution in [0.4, 0.5) is 5.69 Å². The third-order valence-corrected chi connectivity index (χ3v) is 3.86. The van der Waals surface area contributed by atoms with Crippen LogP contribution >= 0.6 is 23.4 Å². The van der Waals surface area contributed by atoms with E-state index in [1.54, 1.807) is 11.8 Å². The summed E-state index contributed by atoms with van der Waals surface area (Å²) in [6.45, 7) is 0. The number of amides is 1. The van der Waals surface area contributed by atoms with E-state index in [1.165, 1.54) is 4.90 Å². The number of carbonyl (C=O) groups is 2. The molecule has 0 radical (unpaired) electrons. The SMILES string of the molecule is CSc1ccccc1N1C(=O)CCC1C(=O)Cl. The number of hydrogen-bond donors (Lipinski definition) is 0. The second-order valence-electron chi connectivity index (χ2n) is 3.79. The fourth-order valence-electron chi connectivity index (χ4n) is 2.03. The first-order chi connectivity index (χ1) is 8.15. The molecule has 1 unspecified atom stereocenters. The lowest BCUT2D eigenvalue weighted by Crippen LogP contribution is -2.37. The summed E-state index contributed by atoms with van der Waals surface area (Å²) < 4.78 is 0. The van der Waals surface area contributed by atoms with Crippen LogP contribution in [0, 0.1) is 0 Å². The van der Waals surface area contributed by atoms with Gasteiger partial charge in [0.05, 0.1) is 5.69 Å². The van der Waals surface area contributed by atoms with E-state index in [9.17, 15) is 9.59 Å². The van der Waals surface area contributed by atoms with Crippen LogP contribution in [0.1, 0.15) is 12.8 Å².